The van der Waals surface area contributed by atoms with Gasteiger partial charge < -0.3 is 9.47 Å². The summed E-state index contributed by atoms with van der Waals surface area (Å²) < 4.78 is 11.3. The molecule has 0 aliphatic heterocycles. The van der Waals surface area contributed by atoms with Gasteiger partial charge in [-0.3, -0.25) is 20.4 Å². The molecule has 8 heteroatoms. The first-order valence-corrected chi connectivity index (χ1v) is 8.44. The van der Waals surface area contributed by atoms with Crippen LogP contribution in [0.1, 0.15) is 17.3 Å². The average Bonchev–Trinajstić information content (AvgIpc) is 2.61. The Morgan fingerprint density at radius 1 is 1.12 bits per heavy atom. The highest BCUT2D eigenvalue weighted by Crippen LogP contribution is 2.28. The zero-order valence-electron chi connectivity index (χ0n) is 13.5. The molecule has 6 nitrogen and oxygen atoms in total. The van der Waals surface area contributed by atoms with Crippen molar-refractivity contribution in [2.45, 2.75) is 13.0 Å². The number of amides is 2. The summed E-state index contributed by atoms with van der Waals surface area (Å²) in [6.45, 7) is 1.56. The lowest BCUT2D eigenvalue weighted by Gasteiger charge is -2.16. The lowest BCUT2D eigenvalue weighted by atomic mass is 10.2. The molecule has 1 atom stereocenters. The van der Waals surface area contributed by atoms with Gasteiger partial charge >= 0.3 is 0 Å². The third-order valence-electron chi connectivity index (χ3n) is 3.22. The van der Waals surface area contributed by atoms with Gasteiger partial charge in [0.2, 0.25) is 0 Å². The van der Waals surface area contributed by atoms with Crippen molar-refractivity contribution < 1.29 is 19.1 Å². The van der Waals surface area contributed by atoms with Crippen molar-refractivity contribution in [1.29, 1.82) is 0 Å². The molecule has 0 bridgehead atoms. The molecule has 0 radical (unpaired) electrons. The third kappa shape index (κ3) is 5.11. The minimum Gasteiger partial charge on any atom is -0.496 e. The van der Waals surface area contributed by atoms with Crippen molar-refractivity contribution in [2.75, 3.05) is 7.11 Å². The summed E-state index contributed by atoms with van der Waals surface area (Å²) in [4.78, 5) is 24.2. The van der Waals surface area contributed by atoms with Crippen LogP contribution < -0.4 is 20.3 Å². The molecule has 0 aliphatic carbocycles. The van der Waals surface area contributed by atoms with Crippen LogP contribution in [-0.4, -0.2) is 25.0 Å². The Kier molecular flexibility index (Phi) is 6.66. The fraction of sp³-hybridized carbons (Fsp3) is 0.176. The van der Waals surface area contributed by atoms with Crippen LogP contribution in [0.3, 0.4) is 0 Å². The van der Waals surface area contributed by atoms with E-state index in [2.05, 4.69) is 26.8 Å². The maximum absolute atomic E-state index is 12.1. The zero-order chi connectivity index (χ0) is 18.4. The van der Waals surface area contributed by atoms with E-state index in [4.69, 9.17) is 21.1 Å². The van der Waals surface area contributed by atoms with Crippen LogP contribution in [0.2, 0.25) is 5.02 Å². The number of hydrogen-bond acceptors (Lipinski definition) is 4. The number of ether oxygens (including phenoxy) is 2. The number of benzene rings is 2. The standard InChI is InChI=1S/C17H16BrClN2O4/c1-10(25-15-8-7-11(19)9-13(15)18)16(22)20-21-17(23)12-5-3-4-6-14(12)24-2/h3-10H,1-2H3,(H,20,22)(H,21,23). The summed E-state index contributed by atoms with van der Waals surface area (Å²) in [7, 11) is 1.46. The second-order valence-electron chi connectivity index (χ2n) is 4.98. The van der Waals surface area contributed by atoms with E-state index in [9.17, 15) is 9.59 Å². The van der Waals surface area contributed by atoms with E-state index < -0.39 is 17.9 Å². The Morgan fingerprint density at radius 2 is 1.84 bits per heavy atom. The summed E-state index contributed by atoms with van der Waals surface area (Å²) in [6.07, 6.45) is -0.838. The fourth-order valence-corrected chi connectivity index (χ4v) is 2.71. The second-order valence-corrected chi connectivity index (χ2v) is 6.27. The van der Waals surface area contributed by atoms with E-state index in [1.54, 1.807) is 49.4 Å². The van der Waals surface area contributed by atoms with E-state index >= 15 is 0 Å². The molecule has 2 aromatic carbocycles. The molecule has 2 aromatic rings. The molecule has 0 fully saturated rings. The van der Waals surface area contributed by atoms with Crippen molar-refractivity contribution in [1.82, 2.24) is 10.9 Å². The molecule has 1 unspecified atom stereocenters. The lowest BCUT2D eigenvalue weighted by Crippen LogP contribution is -2.47. The summed E-state index contributed by atoms with van der Waals surface area (Å²) in [6, 6.07) is 11.6. The van der Waals surface area contributed by atoms with E-state index in [1.165, 1.54) is 7.11 Å². The zero-order valence-corrected chi connectivity index (χ0v) is 15.8. The number of halogens is 2. The quantitative estimate of drug-likeness (QED) is 0.718. The highest BCUT2D eigenvalue weighted by atomic mass is 79.9. The minimum absolute atomic E-state index is 0.305. The molecular formula is C17H16BrClN2O4. The highest BCUT2D eigenvalue weighted by Gasteiger charge is 2.18. The van der Waals surface area contributed by atoms with Crippen LogP contribution in [0.25, 0.3) is 0 Å². The predicted octanol–water partition coefficient (Wildman–Crippen LogP) is 3.34. The molecule has 132 valence electrons. The maximum atomic E-state index is 12.1. The van der Waals surface area contributed by atoms with Crippen LogP contribution in [0.5, 0.6) is 11.5 Å². The number of hydrazine groups is 1. The Hall–Kier alpha value is -2.25. The lowest BCUT2D eigenvalue weighted by molar-refractivity contribution is -0.128. The number of rotatable bonds is 5. The molecule has 25 heavy (non-hydrogen) atoms. The van der Waals surface area contributed by atoms with Crippen molar-refractivity contribution >= 4 is 39.3 Å². The van der Waals surface area contributed by atoms with Gasteiger partial charge in [-0.25, -0.2) is 0 Å². The largest absolute Gasteiger partial charge is 0.496 e. The van der Waals surface area contributed by atoms with Gasteiger partial charge in [-0.2, -0.15) is 0 Å². The summed E-state index contributed by atoms with van der Waals surface area (Å²) in [5.41, 5.74) is 4.96. The van der Waals surface area contributed by atoms with Gasteiger partial charge in [0, 0.05) is 5.02 Å². The van der Waals surface area contributed by atoms with Crippen LogP contribution >= 0.6 is 27.5 Å². The highest BCUT2D eigenvalue weighted by molar-refractivity contribution is 9.10. The normalized spacial score (nSPS) is 11.4. The number of hydrogen-bond donors (Lipinski definition) is 2. The van der Waals surface area contributed by atoms with Gasteiger partial charge in [0.1, 0.15) is 11.5 Å². The molecule has 0 aliphatic rings. The van der Waals surface area contributed by atoms with Crippen LogP contribution in [0, 0.1) is 0 Å². The van der Waals surface area contributed by atoms with Gasteiger partial charge in [0.15, 0.2) is 6.10 Å². The first-order chi connectivity index (χ1) is 11.9. The van der Waals surface area contributed by atoms with Gasteiger partial charge in [-0.05, 0) is 53.2 Å². The maximum Gasteiger partial charge on any atom is 0.279 e. The Morgan fingerprint density at radius 3 is 2.52 bits per heavy atom. The van der Waals surface area contributed by atoms with E-state index in [-0.39, 0.29) is 0 Å². The number of nitrogens with one attached hydrogen (secondary N) is 2. The van der Waals surface area contributed by atoms with Crippen molar-refractivity contribution in [3.8, 4) is 11.5 Å². The van der Waals surface area contributed by atoms with Gasteiger partial charge in [0.05, 0.1) is 17.1 Å². The smallest absolute Gasteiger partial charge is 0.279 e. The number of methoxy groups -OCH3 is 1. The Labute approximate surface area is 158 Å². The van der Waals surface area contributed by atoms with Crippen LogP contribution in [0.4, 0.5) is 0 Å². The molecule has 0 heterocycles. The molecule has 0 saturated carbocycles. The molecule has 2 rings (SSSR count). The molecule has 0 aromatic heterocycles. The van der Waals surface area contributed by atoms with E-state index in [0.29, 0.717) is 26.6 Å². The number of carbonyl (C=O) groups excluding carboxylic acids is 2. The molecular weight excluding hydrogens is 412 g/mol. The predicted molar refractivity (Wildman–Crippen MR) is 97.8 cm³/mol. The molecule has 0 saturated heterocycles. The monoisotopic (exact) mass is 426 g/mol. The Balaban J connectivity index is 1.94. The molecule has 0 spiro atoms. The Bertz CT molecular complexity index is 785. The van der Waals surface area contributed by atoms with Gasteiger partial charge in [-0.15, -0.1) is 0 Å². The first-order valence-electron chi connectivity index (χ1n) is 7.27. The summed E-state index contributed by atoms with van der Waals surface area (Å²) in [5, 5.41) is 0.542. The van der Waals surface area contributed by atoms with Crippen molar-refractivity contribution in [3.63, 3.8) is 0 Å². The van der Waals surface area contributed by atoms with Crippen molar-refractivity contribution in [2.24, 2.45) is 0 Å². The minimum atomic E-state index is -0.838. The SMILES string of the molecule is COc1ccccc1C(=O)NNC(=O)C(C)Oc1ccc(Cl)cc1Br. The topological polar surface area (TPSA) is 76.7 Å². The van der Waals surface area contributed by atoms with Crippen LogP contribution in [0.15, 0.2) is 46.9 Å². The first kappa shape index (κ1) is 19.1. The van der Waals surface area contributed by atoms with Gasteiger partial charge in [-0.1, -0.05) is 23.7 Å². The number of para-hydroxylation sites is 1. The third-order valence-corrected chi connectivity index (χ3v) is 4.07. The average molecular weight is 428 g/mol. The number of carbonyl (C=O) groups is 2. The summed E-state index contributed by atoms with van der Waals surface area (Å²) in [5.74, 6) is -0.137. The van der Waals surface area contributed by atoms with E-state index in [0.717, 1.165) is 0 Å². The van der Waals surface area contributed by atoms with E-state index in [1.807, 2.05) is 0 Å². The van der Waals surface area contributed by atoms with Gasteiger partial charge in [0.25, 0.3) is 11.8 Å². The summed E-state index contributed by atoms with van der Waals surface area (Å²) >= 11 is 9.17. The molecule has 2 amide bonds. The van der Waals surface area contributed by atoms with Crippen molar-refractivity contribution in [3.05, 3.63) is 57.5 Å². The second kappa shape index (κ2) is 8.73. The fourth-order valence-electron chi connectivity index (χ4n) is 1.93. The van der Waals surface area contributed by atoms with Crippen LogP contribution in [-0.2, 0) is 4.79 Å². The molecule has 2 N–H and O–H groups in total.